The van der Waals surface area contributed by atoms with Crippen molar-refractivity contribution in [2.75, 3.05) is 11.9 Å². The molecule has 0 radical (unpaired) electrons. The van der Waals surface area contributed by atoms with Crippen LogP contribution < -0.4 is 5.32 Å². The lowest BCUT2D eigenvalue weighted by Gasteiger charge is -2.10. The fraction of sp³-hybridized carbons (Fsp3) is 0.400. The largest absolute Gasteiger partial charge is 0.391 e. The molecule has 1 rings (SSSR count). The smallest absolute Gasteiger partial charge is 0.0709 e. The van der Waals surface area contributed by atoms with Gasteiger partial charge in [-0.15, -0.1) is 0 Å². The van der Waals surface area contributed by atoms with Crippen LogP contribution in [0.25, 0.3) is 0 Å². The molecule has 1 aromatic carbocycles. The van der Waals surface area contributed by atoms with Gasteiger partial charge in [0.05, 0.1) is 16.1 Å². The zero-order valence-corrected chi connectivity index (χ0v) is 9.44. The second-order valence-electron chi connectivity index (χ2n) is 3.07. The van der Waals surface area contributed by atoms with Crippen LogP contribution in [-0.2, 0) is 0 Å². The zero-order chi connectivity index (χ0) is 10.6. The van der Waals surface area contributed by atoms with Crippen molar-refractivity contribution in [3.05, 3.63) is 28.2 Å². The van der Waals surface area contributed by atoms with Crippen LogP contribution in [0.3, 0.4) is 0 Å². The SMILES string of the molecule is CCC(O)CNc1ccc(Cl)c(Cl)c1. The summed E-state index contributed by atoms with van der Waals surface area (Å²) in [5, 5.41) is 13.4. The third kappa shape index (κ3) is 3.37. The number of halogens is 2. The van der Waals surface area contributed by atoms with E-state index in [1.165, 1.54) is 0 Å². The van der Waals surface area contributed by atoms with Gasteiger partial charge in [0.15, 0.2) is 0 Å². The minimum absolute atomic E-state index is 0.329. The van der Waals surface area contributed by atoms with E-state index in [9.17, 15) is 5.11 Å². The fourth-order valence-corrected chi connectivity index (χ4v) is 1.28. The molecule has 14 heavy (non-hydrogen) atoms. The van der Waals surface area contributed by atoms with Crippen LogP contribution in [0.1, 0.15) is 13.3 Å². The summed E-state index contributed by atoms with van der Waals surface area (Å²) in [4.78, 5) is 0. The van der Waals surface area contributed by atoms with Gasteiger partial charge in [0.25, 0.3) is 0 Å². The molecule has 0 aliphatic rings. The summed E-state index contributed by atoms with van der Waals surface area (Å²) in [6, 6.07) is 5.30. The zero-order valence-electron chi connectivity index (χ0n) is 7.93. The van der Waals surface area contributed by atoms with Gasteiger partial charge in [-0.25, -0.2) is 0 Å². The number of aliphatic hydroxyl groups excluding tert-OH is 1. The molecule has 0 amide bonds. The first kappa shape index (κ1) is 11.6. The highest BCUT2D eigenvalue weighted by Gasteiger charge is 2.02. The number of hydrogen-bond donors (Lipinski definition) is 2. The lowest BCUT2D eigenvalue weighted by Crippen LogP contribution is -2.18. The van der Waals surface area contributed by atoms with Crippen molar-refractivity contribution in [1.29, 1.82) is 0 Å². The third-order valence-corrected chi connectivity index (χ3v) is 2.67. The van der Waals surface area contributed by atoms with Crippen molar-refractivity contribution in [2.24, 2.45) is 0 Å². The first-order chi connectivity index (χ1) is 6.63. The lowest BCUT2D eigenvalue weighted by molar-refractivity contribution is 0.183. The van der Waals surface area contributed by atoms with Crippen molar-refractivity contribution in [3.8, 4) is 0 Å². The van der Waals surface area contributed by atoms with Crippen LogP contribution in [0.15, 0.2) is 18.2 Å². The van der Waals surface area contributed by atoms with E-state index >= 15 is 0 Å². The average molecular weight is 234 g/mol. The van der Waals surface area contributed by atoms with Crippen molar-refractivity contribution >= 4 is 28.9 Å². The topological polar surface area (TPSA) is 32.3 Å². The van der Waals surface area contributed by atoms with E-state index in [1.54, 1.807) is 12.1 Å². The number of nitrogens with one attached hydrogen (secondary N) is 1. The second-order valence-corrected chi connectivity index (χ2v) is 3.89. The molecule has 0 bridgehead atoms. The average Bonchev–Trinajstić information content (AvgIpc) is 2.19. The summed E-state index contributed by atoms with van der Waals surface area (Å²) in [7, 11) is 0. The van der Waals surface area contributed by atoms with Crippen molar-refractivity contribution in [1.82, 2.24) is 0 Å². The highest BCUT2D eigenvalue weighted by atomic mass is 35.5. The highest BCUT2D eigenvalue weighted by Crippen LogP contribution is 2.24. The van der Waals surface area contributed by atoms with Gasteiger partial charge in [-0.2, -0.15) is 0 Å². The number of rotatable bonds is 4. The van der Waals surface area contributed by atoms with Gasteiger partial charge in [0.1, 0.15) is 0 Å². The summed E-state index contributed by atoms with van der Waals surface area (Å²) in [6.07, 6.45) is 0.401. The first-order valence-corrected chi connectivity index (χ1v) is 5.26. The summed E-state index contributed by atoms with van der Waals surface area (Å²) in [6.45, 7) is 2.45. The van der Waals surface area contributed by atoms with Crippen LogP contribution in [0.2, 0.25) is 10.0 Å². The highest BCUT2D eigenvalue weighted by molar-refractivity contribution is 6.42. The molecule has 0 saturated carbocycles. The molecular formula is C10H13Cl2NO. The van der Waals surface area contributed by atoms with Crippen molar-refractivity contribution in [2.45, 2.75) is 19.4 Å². The Balaban J connectivity index is 2.55. The number of aliphatic hydroxyl groups is 1. The summed E-state index contributed by atoms with van der Waals surface area (Å²) in [5.74, 6) is 0. The van der Waals surface area contributed by atoms with Crippen molar-refractivity contribution in [3.63, 3.8) is 0 Å². The molecule has 0 aliphatic heterocycles. The molecule has 0 spiro atoms. The van der Waals surface area contributed by atoms with E-state index in [1.807, 2.05) is 13.0 Å². The fourth-order valence-electron chi connectivity index (χ4n) is 0.986. The van der Waals surface area contributed by atoms with E-state index in [4.69, 9.17) is 23.2 Å². The maximum Gasteiger partial charge on any atom is 0.0709 e. The summed E-state index contributed by atoms with van der Waals surface area (Å²) < 4.78 is 0. The molecule has 4 heteroatoms. The molecule has 0 aromatic heterocycles. The van der Waals surface area contributed by atoms with E-state index in [0.717, 1.165) is 12.1 Å². The third-order valence-electron chi connectivity index (χ3n) is 1.93. The monoisotopic (exact) mass is 233 g/mol. The maximum atomic E-state index is 9.32. The maximum absolute atomic E-state index is 9.32. The molecule has 1 atom stereocenters. The Labute approximate surface area is 93.8 Å². The van der Waals surface area contributed by atoms with Crippen LogP contribution in [0.5, 0.6) is 0 Å². The predicted octanol–water partition coefficient (Wildman–Crippen LogP) is 3.18. The van der Waals surface area contributed by atoms with Gasteiger partial charge in [0.2, 0.25) is 0 Å². The van der Waals surface area contributed by atoms with E-state index < -0.39 is 0 Å². The predicted molar refractivity (Wildman–Crippen MR) is 61.2 cm³/mol. The Morgan fingerprint density at radius 1 is 1.36 bits per heavy atom. The van der Waals surface area contributed by atoms with E-state index in [-0.39, 0.29) is 6.10 Å². The Morgan fingerprint density at radius 2 is 2.07 bits per heavy atom. The molecule has 0 heterocycles. The van der Waals surface area contributed by atoms with Gasteiger partial charge >= 0.3 is 0 Å². The Kier molecular flexibility index (Phi) is 4.52. The Hall–Kier alpha value is -0.440. The molecule has 2 N–H and O–H groups in total. The minimum atomic E-state index is -0.329. The van der Waals surface area contributed by atoms with Gasteiger partial charge in [-0.05, 0) is 24.6 Å². The molecule has 0 aliphatic carbocycles. The standard InChI is InChI=1S/C10H13Cl2NO/c1-2-8(14)6-13-7-3-4-9(11)10(12)5-7/h3-5,8,13-14H,2,6H2,1H3. The van der Waals surface area contributed by atoms with Gasteiger partial charge in [-0.3, -0.25) is 0 Å². The Bertz CT molecular complexity index is 304. The normalized spacial score (nSPS) is 12.6. The van der Waals surface area contributed by atoms with Gasteiger partial charge in [0, 0.05) is 12.2 Å². The molecule has 1 unspecified atom stereocenters. The molecule has 2 nitrogen and oxygen atoms in total. The molecule has 1 aromatic rings. The summed E-state index contributed by atoms with van der Waals surface area (Å²) in [5.41, 5.74) is 0.868. The molecular weight excluding hydrogens is 221 g/mol. The molecule has 78 valence electrons. The number of anilines is 1. The van der Waals surface area contributed by atoms with E-state index in [0.29, 0.717) is 16.6 Å². The van der Waals surface area contributed by atoms with Crippen LogP contribution >= 0.6 is 23.2 Å². The van der Waals surface area contributed by atoms with Crippen LogP contribution in [0, 0.1) is 0 Å². The lowest BCUT2D eigenvalue weighted by atomic mass is 10.2. The quantitative estimate of drug-likeness (QED) is 0.838. The first-order valence-electron chi connectivity index (χ1n) is 4.50. The van der Waals surface area contributed by atoms with Gasteiger partial charge < -0.3 is 10.4 Å². The number of benzene rings is 1. The molecule has 0 saturated heterocycles. The van der Waals surface area contributed by atoms with E-state index in [2.05, 4.69) is 5.32 Å². The minimum Gasteiger partial charge on any atom is -0.391 e. The van der Waals surface area contributed by atoms with Gasteiger partial charge in [-0.1, -0.05) is 30.1 Å². The number of hydrogen-bond acceptors (Lipinski definition) is 2. The van der Waals surface area contributed by atoms with Crippen molar-refractivity contribution < 1.29 is 5.11 Å². The molecule has 0 fully saturated rings. The second kappa shape index (κ2) is 5.44. The summed E-state index contributed by atoms with van der Waals surface area (Å²) >= 11 is 11.6. The Morgan fingerprint density at radius 3 is 2.64 bits per heavy atom. The van der Waals surface area contributed by atoms with Crippen LogP contribution in [0.4, 0.5) is 5.69 Å². The van der Waals surface area contributed by atoms with Crippen LogP contribution in [-0.4, -0.2) is 17.8 Å².